The van der Waals surface area contributed by atoms with Gasteiger partial charge in [-0.25, -0.2) is 0 Å². The summed E-state index contributed by atoms with van der Waals surface area (Å²) >= 11 is 1.77. The summed E-state index contributed by atoms with van der Waals surface area (Å²) in [4.78, 5) is 5.24. The van der Waals surface area contributed by atoms with Gasteiger partial charge < -0.3 is 5.73 Å². The minimum absolute atomic E-state index is 0.434. The lowest BCUT2D eigenvalue weighted by atomic mass is 10.1. The predicted molar refractivity (Wildman–Crippen MR) is 72.3 cm³/mol. The molecule has 94 valence electrons. The molecule has 2 saturated heterocycles. The summed E-state index contributed by atoms with van der Waals surface area (Å²) < 4.78 is 0. The van der Waals surface area contributed by atoms with Gasteiger partial charge in [0, 0.05) is 38.3 Å². The molecule has 2 unspecified atom stereocenters. The summed E-state index contributed by atoms with van der Waals surface area (Å²) in [7, 11) is 0. The lowest BCUT2D eigenvalue weighted by Crippen LogP contribution is -2.52. The van der Waals surface area contributed by atoms with Crippen molar-refractivity contribution in [2.24, 2.45) is 5.73 Å². The molecule has 2 aliphatic heterocycles. The smallest absolute Gasteiger partial charge is 0.0479 e. The summed E-state index contributed by atoms with van der Waals surface area (Å²) in [5.41, 5.74) is 7.39. The molecule has 3 rings (SSSR count). The molecule has 0 amide bonds. The van der Waals surface area contributed by atoms with Crippen LogP contribution < -0.4 is 5.73 Å². The molecule has 1 aromatic rings. The van der Waals surface area contributed by atoms with Crippen molar-refractivity contribution in [3.63, 3.8) is 0 Å². The number of thiophene rings is 1. The fraction of sp³-hybridized carbons (Fsp3) is 0.692. The molecule has 2 N–H and O–H groups in total. The maximum Gasteiger partial charge on any atom is 0.0479 e. The van der Waals surface area contributed by atoms with Crippen LogP contribution in [-0.4, -0.2) is 48.6 Å². The predicted octanol–water partition coefficient (Wildman–Crippen LogP) is 1.53. The van der Waals surface area contributed by atoms with E-state index in [2.05, 4.69) is 26.6 Å². The largest absolute Gasteiger partial charge is 0.329 e. The second kappa shape index (κ2) is 5.06. The van der Waals surface area contributed by atoms with E-state index in [-0.39, 0.29) is 0 Å². The molecule has 1 aromatic heterocycles. The molecule has 3 heterocycles. The third-order valence-electron chi connectivity index (χ3n) is 4.21. The third kappa shape index (κ3) is 2.27. The van der Waals surface area contributed by atoms with E-state index in [9.17, 15) is 0 Å². The van der Waals surface area contributed by atoms with Gasteiger partial charge in [-0.15, -0.1) is 0 Å². The van der Waals surface area contributed by atoms with E-state index in [1.807, 2.05) is 0 Å². The first-order chi connectivity index (χ1) is 8.38. The Morgan fingerprint density at radius 3 is 3.12 bits per heavy atom. The van der Waals surface area contributed by atoms with Crippen LogP contribution in [-0.2, 0) is 0 Å². The van der Waals surface area contributed by atoms with Crippen LogP contribution in [0.15, 0.2) is 16.8 Å². The normalized spacial score (nSPS) is 28.2. The molecular weight excluding hydrogens is 230 g/mol. The molecule has 4 heteroatoms. The number of nitrogens with two attached hydrogens (primary N) is 1. The van der Waals surface area contributed by atoms with Gasteiger partial charge in [0.05, 0.1) is 0 Å². The van der Waals surface area contributed by atoms with Gasteiger partial charge in [0.25, 0.3) is 0 Å². The maximum absolute atomic E-state index is 5.98. The van der Waals surface area contributed by atoms with Crippen LogP contribution >= 0.6 is 11.3 Å². The van der Waals surface area contributed by atoms with Crippen LogP contribution in [0.5, 0.6) is 0 Å². The van der Waals surface area contributed by atoms with Crippen LogP contribution in [0.4, 0.5) is 0 Å². The summed E-state index contributed by atoms with van der Waals surface area (Å²) in [6.07, 6.45) is 2.75. The molecule has 0 bridgehead atoms. The number of piperazine rings is 1. The summed E-state index contributed by atoms with van der Waals surface area (Å²) in [5.74, 6) is 0. The Morgan fingerprint density at radius 2 is 2.35 bits per heavy atom. The Morgan fingerprint density at radius 1 is 1.41 bits per heavy atom. The van der Waals surface area contributed by atoms with E-state index >= 15 is 0 Å². The molecule has 17 heavy (non-hydrogen) atoms. The Kier molecular flexibility index (Phi) is 3.47. The minimum Gasteiger partial charge on any atom is -0.329 e. The van der Waals surface area contributed by atoms with E-state index in [0.29, 0.717) is 6.04 Å². The minimum atomic E-state index is 0.434. The zero-order valence-corrected chi connectivity index (χ0v) is 11.0. The van der Waals surface area contributed by atoms with Gasteiger partial charge in [-0.2, -0.15) is 11.3 Å². The molecule has 2 atom stereocenters. The van der Waals surface area contributed by atoms with Crippen molar-refractivity contribution in [1.29, 1.82) is 0 Å². The fourth-order valence-electron chi connectivity index (χ4n) is 3.26. The lowest BCUT2D eigenvalue weighted by molar-refractivity contribution is 0.0738. The van der Waals surface area contributed by atoms with Gasteiger partial charge in [-0.3, -0.25) is 9.80 Å². The highest BCUT2D eigenvalue weighted by molar-refractivity contribution is 7.07. The molecule has 3 nitrogen and oxygen atoms in total. The highest BCUT2D eigenvalue weighted by Crippen LogP contribution is 2.28. The monoisotopic (exact) mass is 251 g/mol. The van der Waals surface area contributed by atoms with Crippen molar-refractivity contribution in [3.8, 4) is 0 Å². The van der Waals surface area contributed by atoms with E-state index in [0.717, 1.165) is 12.6 Å². The maximum atomic E-state index is 5.98. The molecule has 0 spiro atoms. The van der Waals surface area contributed by atoms with Crippen molar-refractivity contribution in [3.05, 3.63) is 22.4 Å². The Balaban J connectivity index is 1.71. The number of fused-ring (bicyclic) bond motifs is 1. The molecule has 2 aliphatic rings. The number of hydrogen-bond acceptors (Lipinski definition) is 4. The SMILES string of the molecule is NCC(c1ccsc1)N1CCN2CCCC2C1. The molecule has 2 fully saturated rings. The van der Waals surface area contributed by atoms with Crippen molar-refractivity contribution >= 4 is 11.3 Å². The first-order valence-electron chi connectivity index (χ1n) is 6.59. The first-order valence-corrected chi connectivity index (χ1v) is 7.53. The molecule has 0 saturated carbocycles. The average molecular weight is 251 g/mol. The summed E-state index contributed by atoms with van der Waals surface area (Å²) in [6.45, 7) is 5.66. The topological polar surface area (TPSA) is 32.5 Å². The van der Waals surface area contributed by atoms with E-state index in [4.69, 9.17) is 5.73 Å². The standard InChI is InChI=1S/C13H21N3S/c14-8-13(11-3-7-17-10-11)16-6-5-15-4-1-2-12(15)9-16/h3,7,10,12-13H,1-2,4-6,8-9,14H2. The molecule has 0 radical (unpaired) electrons. The summed E-state index contributed by atoms with van der Waals surface area (Å²) in [5, 5.41) is 4.41. The van der Waals surface area contributed by atoms with Gasteiger partial charge in [-0.05, 0) is 41.8 Å². The Bertz CT molecular complexity index is 352. The Labute approximate surface area is 107 Å². The van der Waals surface area contributed by atoms with Gasteiger partial charge in [-0.1, -0.05) is 0 Å². The molecule has 0 aromatic carbocycles. The quantitative estimate of drug-likeness (QED) is 0.884. The van der Waals surface area contributed by atoms with Crippen molar-refractivity contribution in [2.75, 3.05) is 32.7 Å². The van der Waals surface area contributed by atoms with Crippen LogP contribution in [0.25, 0.3) is 0 Å². The fourth-order valence-corrected chi connectivity index (χ4v) is 3.97. The highest BCUT2D eigenvalue weighted by Gasteiger charge is 2.33. The van der Waals surface area contributed by atoms with E-state index in [1.165, 1.54) is 44.6 Å². The molecular formula is C13H21N3S. The first kappa shape index (κ1) is 11.7. The average Bonchev–Trinajstić information content (AvgIpc) is 2.99. The second-order valence-electron chi connectivity index (χ2n) is 5.14. The van der Waals surface area contributed by atoms with Crippen molar-refractivity contribution in [2.45, 2.75) is 24.9 Å². The highest BCUT2D eigenvalue weighted by atomic mass is 32.1. The van der Waals surface area contributed by atoms with Gasteiger partial charge in [0.15, 0.2) is 0 Å². The number of rotatable bonds is 3. The van der Waals surface area contributed by atoms with Crippen LogP contribution in [0.2, 0.25) is 0 Å². The van der Waals surface area contributed by atoms with Crippen LogP contribution in [0.3, 0.4) is 0 Å². The van der Waals surface area contributed by atoms with Crippen LogP contribution in [0.1, 0.15) is 24.4 Å². The second-order valence-corrected chi connectivity index (χ2v) is 5.92. The third-order valence-corrected chi connectivity index (χ3v) is 4.91. The number of hydrogen-bond donors (Lipinski definition) is 1. The van der Waals surface area contributed by atoms with Gasteiger partial charge in [0.2, 0.25) is 0 Å². The Hall–Kier alpha value is -0.420. The van der Waals surface area contributed by atoms with Gasteiger partial charge in [0.1, 0.15) is 0 Å². The molecule has 0 aliphatic carbocycles. The zero-order chi connectivity index (χ0) is 11.7. The lowest BCUT2D eigenvalue weighted by Gasteiger charge is -2.41. The zero-order valence-electron chi connectivity index (χ0n) is 10.2. The van der Waals surface area contributed by atoms with Crippen molar-refractivity contribution < 1.29 is 0 Å². The van der Waals surface area contributed by atoms with Crippen LogP contribution in [0, 0.1) is 0 Å². The van der Waals surface area contributed by atoms with Crippen molar-refractivity contribution in [1.82, 2.24) is 9.80 Å². The van der Waals surface area contributed by atoms with Gasteiger partial charge >= 0.3 is 0 Å². The van der Waals surface area contributed by atoms with E-state index < -0.39 is 0 Å². The number of nitrogens with zero attached hydrogens (tertiary/aromatic N) is 2. The summed E-state index contributed by atoms with van der Waals surface area (Å²) in [6, 6.07) is 3.45. The van der Waals surface area contributed by atoms with E-state index in [1.54, 1.807) is 11.3 Å².